The van der Waals surface area contributed by atoms with Crippen LogP contribution in [-0.2, 0) is 13.0 Å². The molecule has 2 aliphatic rings. The van der Waals surface area contributed by atoms with Crippen molar-refractivity contribution in [2.75, 3.05) is 18.9 Å². The molecule has 10 heteroatoms. The highest BCUT2D eigenvalue weighted by atomic mass is 19.4. The Bertz CT molecular complexity index is 954. The van der Waals surface area contributed by atoms with Gasteiger partial charge in [0.05, 0.1) is 12.1 Å². The molecule has 4 rings (SSSR count). The lowest BCUT2D eigenvalue weighted by atomic mass is 9.91. The van der Waals surface area contributed by atoms with E-state index < -0.39 is 18.2 Å². The maximum absolute atomic E-state index is 12.5. The van der Waals surface area contributed by atoms with E-state index in [2.05, 4.69) is 25.2 Å². The summed E-state index contributed by atoms with van der Waals surface area (Å²) in [5.74, 6) is -0.256. The van der Waals surface area contributed by atoms with Gasteiger partial charge in [-0.15, -0.1) is 23.4 Å². The van der Waals surface area contributed by atoms with E-state index in [-0.39, 0.29) is 11.8 Å². The lowest BCUT2D eigenvalue weighted by molar-refractivity contribution is -0.274. The number of nitrogens with one attached hydrogen (secondary N) is 1. The van der Waals surface area contributed by atoms with Crippen LogP contribution in [0.5, 0.6) is 11.5 Å². The summed E-state index contributed by atoms with van der Waals surface area (Å²) in [6.07, 6.45) is -1.02. The molecule has 1 aromatic carbocycles. The SMILES string of the molecule is CN1CCc2c(-c3ccc(OC(F)(F)F)cc3O)nnc(N[C@@H]3CCCC[C@H]3O)c2C1. The van der Waals surface area contributed by atoms with Gasteiger partial charge in [-0.2, -0.15) is 0 Å². The van der Waals surface area contributed by atoms with Crippen LogP contribution in [-0.4, -0.2) is 57.4 Å². The molecule has 1 saturated carbocycles. The van der Waals surface area contributed by atoms with E-state index in [0.717, 1.165) is 55.5 Å². The summed E-state index contributed by atoms with van der Waals surface area (Å²) in [6.45, 7) is 1.38. The van der Waals surface area contributed by atoms with Gasteiger partial charge < -0.3 is 25.2 Å². The summed E-state index contributed by atoms with van der Waals surface area (Å²) in [5.41, 5.74) is 2.55. The Morgan fingerprint density at radius 3 is 2.65 bits per heavy atom. The molecule has 2 atom stereocenters. The van der Waals surface area contributed by atoms with E-state index in [9.17, 15) is 23.4 Å². The Balaban J connectivity index is 1.69. The first-order valence-electron chi connectivity index (χ1n) is 10.3. The predicted octanol–water partition coefficient (Wildman–Crippen LogP) is 3.45. The van der Waals surface area contributed by atoms with Gasteiger partial charge in [-0.25, -0.2) is 0 Å². The van der Waals surface area contributed by atoms with Crippen LogP contribution in [0, 0.1) is 0 Å². The highest BCUT2D eigenvalue weighted by molar-refractivity contribution is 5.73. The number of likely N-dealkylation sites (N-methyl/N-ethyl adjacent to an activating group) is 1. The number of phenols is 1. The van der Waals surface area contributed by atoms with Gasteiger partial charge in [0.1, 0.15) is 17.2 Å². The molecule has 0 saturated heterocycles. The molecule has 0 radical (unpaired) electrons. The van der Waals surface area contributed by atoms with Gasteiger partial charge in [-0.1, -0.05) is 12.8 Å². The number of fused-ring (bicyclic) bond motifs is 1. The topological polar surface area (TPSA) is 90.7 Å². The van der Waals surface area contributed by atoms with E-state index in [4.69, 9.17) is 0 Å². The monoisotopic (exact) mass is 438 g/mol. The maximum atomic E-state index is 12.5. The molecule has 168 valence electrons. The fourth-order valence-electron chi connectivity index (χ4n) is 4.29. The first-order valence-corrected chi connectivity index (χ1v) is 10.3. The predicted molar refractivity (Wildman–Crippen MR) is 108 cm³/mol. The molecular weight excluding hydrogens is 413 g/mol. The number of nitrogens with zero attached hydrogens (tertiary/aromatic N) is 3. The third kappa shape index (κ3) is 4.85. The number of ether oxygens (including phenoxy) is 1. The van der Waals surface area contributed by atoms with Gasteiger partial charge in [0, 0.05) is 30.3 Å². The minimum atomic E-state index is -4.84. The lowest BCUT2D eigenvalue weighted by Gasteiger charge is -2.32. The summed E-state index contributed by atoms with van der Waals surface area (Å²) in [4.78, 5) is 2.14. The first-order chi connectivity index (χ1) is 14.7. The van der Waals surface area contributed by atoms with Crippen molar-refractivity contribution in [2.24, 2.45) is 0 Å². The molecule has 2 heterocycles. The van der Waals surface area contributed by atoms with E-state index >= 15 is 0 Å². The number of aromatic hydroxyl groups is 1. The molecule has 0 unspecified atom stereocenters. The molecule has 0 bridgehead atoms. The fraction of sp³-hybridized carbons (Fsp3) is 0.524. The van der Waals surface area contributed by atoms with E-state index in [1.165, 1.54) is 6.07 Å². The largest absolute Gasteiger partial charge is 0.573 e. The van der Waals surface area contributed by atoms with E-state index in [1.807, 2.05) is 7.05 Å². The summed E-state index contributed by atoms with van der Waals surface area (Å²) >= 11 is 0. The zero-order valence-electron chi connectivity index (χ0n) is 17.1. The van der Waals surface area contributed by atoms with Crippen LogP contribution < -0.4 is 10.1 Å². The van der Waals surface area contributed by atoms with E-state index in [0.29, 0.717) is 30.0 Å². The van der Waals surface area contributed by atoms with Crippen molar-refractivity contribution in [3.8, 4) is 22.8 Å². The number of hydrogen-bond donors (Lipinski definition) is 3. The Kier molecular flexibility index (Phi) is 5.94. The van der Waals surface area contributed by atoms with Gasteiger partial charge in [-0.3, -0.25) is 0 Å². The molecular formula is C21H25F3N4O3. The van der Waals surface area contributed by atoms with Gasteiger partial charge >= 0.3 is 6.36 Å². The van der Waals surface area contributed by atoms with Crippen LogP contribution in [0.1, 0.15) is 36.8 Å². The molecule has 0 spiro atoms. The summed E-state index contributed by atoms with van der Waals surface area (Å²) in [5, 5.41) is 32.7. The van der Waals surface area contributed by atoms with Crippen LogP contribution in [0.2, 0.25) is 0 Å². The lowest BCUT2D eigenvalue weighted by Crippen LogP contribution is -2.38. The number of aliphatic hydroxyl groups is 1. The van der Waals surface area contributed by atoms with Crippen molar-refractivity contribution in [3.63, 3.8) is 0 Å². The second kappa shape index (κ2) is 8.51. The Labute approximate surface area is 177 Å². The number of anilines is 1. The molecule has 1 aliphatic carbocycles. The molecule has 1 fully saturated rings. The Morgan fingerprint density at radius 2 is 1.94 bits per heavy atom. The highest BCUT2D eigenvalue weighted by Gasteiger charge is 2.32. The third-order valence-electron chi connectivity index (χ3n) is 5.87. The second-order valence-electron chi connectivity index (χ2n) is 8.17. The normalized spacial score (nSPS) is 22.1. The molecule has 1 aromatic heterocycles. The zero-order chi connectivity index (χ0) is 22.2. The number of phenolic OH excluding ortho intramolecular Hbond substituents is 1. The molecule has 7 nitrogen and oxygen atoms in total. The van der Waals surface area contributed by atoms with Crippen molar-refractivity contribution in [1.29, 1.82) is 0 Å². The number of hydrogen-bond acceptors (Lipinski definition) is 7. The third-order valence-corrected chi connectivity index (χ3v) is 5.87. The Morgan fingerprint density at radius 1 is 1.16 bits per heavy atom. The van der Waals surface area contributed by atoms with Crippen LogP contribution in [0.3, 0.4) is 0 Å². The van der Waals surface area contributed by atoms with Crippen molar-refractivity contribution in [3.05, 3.63) is 29.3 Å². The average Bonchev–Trinajstić information content (AvgIpc) is 2.69. The smallest absolute Gasteiger partial charge is 0.507 e. The quantitative estimate of drug-likeness (QED) is 0.674. The first kappa shape index (κ1) is 21.6. The Hall–Kier alpha value is -2.59. The van der Waals surface area contributed by atoms with Crippen LogP contribution in [0.25, 0.3) is 11.3 Å². The van der Waals surface area contributed by atoms with E-state index in [1.54, 1.807) is 0 Å². The highest BCUT2D eigenvalue weighted by Crippen LogP contribution is 2.38. The van der Waals surface area contributed by atoms with Crippen molar-refractivity contribution < 1.29 is 28.1 Å². The number of rotatable bonds is 4. The standard InChI is InChI=1S/C21H25F3N4O3/c1-28-9-8-13-15(11-28)20(25-16-4-2-3-5-17(16)29)27-26-19(13)14-7-6-12(10-18(14)30)31-21(22,23)24/h6-7,10,16-17,29-30H,2-5,8-9,11H2,1H3,(H,25,27)/t16-,17-/m1/s1. The number of aliphatic hydroxyl groups excluding tert-OH is 1. The molecule has 3 N–H and O–H groups in total. The van der Waals surface area contributed by atoms with Crippen LogP contribution in [0.4, 0.5) is 19.0 Å². The second-order valence-corrected chi connectivity index (χ2v) is 8.17. The number of benzene rings is 1. The molecule has 31 heavy (non-hydrogen) atoms. The fourth-order valence-corrected chi connectivity index (χ4v) is 4.29. The minimum Gasteiger partial charge on any atom is -0.507 e. The maximum Gasteiger partial charge on any atom is 0.573 e. The van der Waals surface area contributed by atoms with Crippen LogP contribution in [0.15, 0.2) is 18.2 Å². The molecule has 1 aliphatic heterocycles. The molecule has 0 amide bonds. The average molecular weight is 438 g/mol. The minimum absolute atomic E-state index is 0.0996. The molecule has 2 aromatic rings. The van der Waals surface area contributed by atoms with Crippen LogP contribution >= 0.6 is 0 Å². The number of aromatic nitrogens is 2. The summed E-state index contributed by atoms with van der Waals surface area (Å²) in [6, 6.07) is 3.33. The number of alkyl halides is 3. The van der Waals surface area contributed by atoms with Crippen molar-refractivity contribution in [1.82, 2.24) is 15.1 Å². The van der Waals surface area contributed by atoms with Gasteiger partial charge in [0.2, 0.25) is 0 Å². The van der Waals surface area contributed by atoms with Gasteiger partial charge in [0.25, 0.3) is 0 Å². The summed E-state index contributed by atoms with van der Waals surface area (Å²) in [7, 11) is 1.99. The van der Waals surface area contributed by atoms with Crippen molar-refractivity contribution >= 4 is 5.82 Å². The number of halogens is 3. The zero-order valence-corrected chi connectivity index (χ0v) is 17.1. The van der Waals surface area contributed by atoms with Gasteiger partial charge in [-0.05, 0) is 44.0 Å². The van der Waals surface area contributed by atoms with Gasteiger partial charge in [0.15, 0.2) is 5.82 Å². The summed E-state index contributed by atoms with van der Waals surface area (Å²) < 4.78 is 41.3. The van der Waals surface area contributed by atoms with Crippen molar-refractivity contribution in [2.45, 2.75) is 57.2 Å².